The predicted octanol–water partition coefficient (Wildman–Crippen LogP) is 4.84. The molecule has 2 aromatic carbocycles. The fourth-order valence-corrected chi connectivity index (χ4v) is 6.13. The van der Waals surface area contributed by atoms with Crippen molar-refractivity contribution in [1.29, 1.82) is 0 Å². The second-order valence-electron chi connectivity index (χ2n) is 10.3. The van der Waals surface area contributed by atoms with E-state index in [0.29, 0.717) is 27.8 Å². The van der Waals surface area contributed by atoms with E-state index in [0.717, 1.165) is 11.3 Å². The van der Waals surface area contributed by atoms with E-state index >= 15 is 0 Å². The number of aryl methyl sites for hydroxylation is 1. The van der Waals surface area contributed by atoms with Gasteiger partial charge in [-0.05, 0) is 61.6 Å². The highest BCUT2D eigenvalue weighted by molar-refractivity contribution is 9.10. The van der Waals surface area contributed by atoms with Crippen LogP contribution in [0, 0.1) is 12.3 Å². The number of hydrogen-bond acceptors (Lipinski definition) is 6. The average Bonchev–Trinajstić information content (AvgIpc) is 3.04. The third-order valence-electron chi connectivity index (χ3n) is 7.08. The van der Waals surface area contributed by atoms with E-state index in [1.165, 1.54) is 0 Å². The Morgan fingerprint density at radius 1 is 1.17 bits per heavy atom. The Hall–Kier alpha value is -3.39. The van der Waals surface area contributed by atoms with Gasteiger partial charge in [0.2, 0.25) is 5.91 Å². The van der Waals surface area contributed by atoms with Crippen molar-refractivity contribution < 1.29 is 19.1 Å². The van der Waals surface area contributed by atoms with Crippen molar-refractivity contribution in [3.63, 3.8) is 0 Å². The predicted molar refractivity (Wildman–Crippen MR) is 141 cm³/mol. The lowest BCUT2D eigenvalue weighted by Crippen LogP contribution is -2.54. The number of amides is 1. The zero-order valence-corrected chi connectivity index (χ0v) is 22.3. The summed E-state index contributed by atoms with van der Waals surface area (Å²) in [5.41, 5.74) is 8.43. The maximum absolute atomic E-state index is 14.0. The molecule has 7 nitrogen and oxygen atoms in total. The number of fused-ring (bicyclic) bond motifs is 3. The molecule has 0 aromatic heterocycles. The Balaban J connectivity index is 1.93. The van der Waals surface area contributed by atoms with Crippen LogP contribution in [0.1, 0.15) is 44.7 Å². The van der Waals surface area contributed by atoms with Crippen LogP contribution >= 0.6 is 15.9 Å². The monoisotopic (exact) mass is 549 g/mol. The van der Waals surface area contributed by atoms with Gasteiger partial charge in [-0.15, -0.1) is 0 Å². The lowest BCUT2D eigenvalue weighted by Gasteiger charge is -2.47. The van der Waals surface area contributed by atoms with E-state index in [9.17, 15) is 14.4 Å². The van der Waals surface area contributed by atoms with Crippen LogP contribution in [0.3, 0.4) is 0 Å². The van der Waals surface area contributed by atoms with Crippen LogP contribution in [0.5, 0.6) is 0 Å². The minimum Gasteiger partial charge on any atom is -0.462 e. The highest BCUT2D eigenvalue weighted by Gasteiger charge is 2.63. The van der Waals surface area contributed by atoms with Crippen LogP contribution in [-0.4, -0.2) is 24.3 Å². The van der Waals surface area contributed by atoms with Crippen molar-refractivity contribution in [3.05, 3.63) is 80.7 Å². The molecule has 3 aliphatic rings. The molecular formula is C28H28BrN3O4. The Kier molecular flexibility index (Phi) is 5.63. The van der Waals surface area contributed by atoms with Gasteiger partial charge in [0, 0.05) is 39.1 Å². The number of ether oxygens (including phenoxy) is 1. The number of nitrogens with zero attached hydrogens (tertiary/aromatic N) is 1. The molecule has 36 heavy (non-hydrogen) atoms. The number of esters is 1. The Morgan fingerprint density at radius 3 is 2.61 bits per heavy atom. The first-order valence-electron chi connectivity index (χ1n) is 11.9. The molecule has 0 radical (unpaired) electrons. The third-order valence-corrected chi connectivity index (χ3v) is 7.58. The summed E-state index contributed by atoms with van der Waals surface area (Å²) in [4.78, 5) is 43.5. The number of nitrogens with two attached hydrogens (primary N) is 1. The SMILES string of the molecule is CCOC(=O)C1=C(N)N(c2cccc(C)c2)C2=C(C(=O)CC(C)(C)C2)C12C(=O)Nc1ccc(Br)cc12. The van der Waals surface area contributed by atoms with Crippen LogP contribution in [-0.2, 0) is 24.5 Å². The summed E-state index contributed by atoms with van der Waals surface area (Å²) in [7, 11) is 0. The van der Waals surface area contributed by atoms with Crippen molar-refractivity contribution in [1.82, 2.24) is 0 Å². The van der Waals surface area contributed by atoms with Crippen molar-refractivity contribution >= 4 is 45.0 Å². The number of allylic oxidation sites excluding steroid dienone is 1. The van der Waals surface area contributed by atoms with Gasteiger partial charge < -0.3 is 15.8 Å². The number of benzene rings is 2. The minimum atomic E-state index is -1.71. The largest absolute Gasteiger partial charge is 0.462 e. The summed E-state index contributed by atoms with van der Waals surface area (Å²) < 4.78 is 6.18. The zero-order valence-electron chi connectivity index (χ0n) is 20.7. The van der Waals surface area contributed by atoms with Gasteiger partial charge in [-0.2, -0.15) is 0 Å². The van der Waals surface area contributed by atoms with Gasteiger partial charge in [0.15, 0.2) is 5.78 Å². The van der Waals surface area contributed by atoms with Gasteiger partial charge in [-0.25, -0.2) is 4.79 Å². The van der Waals surface area contributed by atoms with Crippen molar-refractivity contribution in [2.75, 3.05) is 16.8 Å². The number of carbonyl (C=O) groups is 3. The number of rotatable bonds is 3. The van der Waals surface area contributed by atoms with Crippen LogP contribution in [0.4, 0.5) is 11.4 Å². The van der Waals surface area contributed by atoms with Gasteiger partial charge >= 0.3 is 5.97 Å². The lowest BCUT2D eigenvalue weighted by molar-refractivity contribution is -0.140. The Morgan fingerprint density at radius 2 is 1.92 bits per heavy atom. The van der Waals surface area contributed by atoms with E-state index in [1.807, 2.05) is 45.0 Å². The maximum atomic E-state index is 14.0. The first-order valence-corrected chi connectivity index (χ1v) is 12.7. The van der Waals surface area contributed by atoms with Crippen LogP contribution in [0.2, 0.25) is 0 Å². The second-order valence-corrected chi connectivity index (χ2v) is 11.2. The molecule has 186 valence electrons. The van der Waals surface area contributed by atoms with Crippen LogP contribution in [0.25, 0.3) is 0 Å². The summed E-state index contributed by atoms with van der Waals surface area (Å²) >= 11 is 3.50. The highest BCUT2D eigenvalue weighted by atomic mass is 79.9. The van der Waals surface area contributed by atoms with Crippen LogP contribution < -0.4 is 16.0 Å². The normalized spacial score (nSPS) is 22.5. The van der Waals surface area contributed by atoms with E-state index in [-0.39, 0.29) is 41.2 Å². The summed E-state index contributed by atoms with van der Waals surface area (Å²) in [6.45, 7) is 7.80. The number of anilines is 2. The van der Waals surface area contributed by atoms with Crippen molar-refractivity contribution in [2.24, 2.45) is 11.1 Å². The summed E-state index contributed by atoms with van der Waals surface area (Å²) in [5, 5.41) is 2.91. The third kappa shape index (κ3) is 3.42. The molecule has 0 fully saturated rings. The zero-order chi connectivity index (χ0) is 26.0. The molecule has 2 aromatic rings. The van der Waals surface area contributed by atoms with Gasteiger partial charge in [0.25, 0.3) is 0 Å². The molecule has 1 atom stereocenters. The van der Waals surface area contributed by atoms with Crippen molar-refractivity contribution in [2.45, 2.75) is 46.0 Å². The first kappa shape index (κ1) is 24.3. The molecule has 1 aliphatic carbocycles. The highest BCUT2D eigenvalue weighted by Crippen LogP contribution is 2.57. The molecule has 2 aliphatic heterocycles. The molecule has 1 spiro atoms. The summed E-state index contributed by atoms with van der Waals surface area (Å²) in [5.74, 6) is -1.30. The smallest absolute Gasteiger partial charge is 0.339 e. The topological polar surface area (TPSA) is 102 Å². The Bertz CT molecular complexity index is 1410. The van der Waals surface area contributed by atoms with Gasteiger partial charge in [-0.1, -0.05) is 41.9 Å². The molecule has 3 N–H and O–H groups in total. The maximum Gasteiger partial charge on any atom is 0.339 e. The number of hydrogen-bond donors (Lipinski definition) is 2. The summed E-state index contributed by atoms with van der Waals surface area (Å²) in [6.07, 6.45) is 0.735. The fraction of sp³-hybridized carbons (Fsp3) is 0.321. The standard InChI is InChI=1S/C28H28BrN3O4/c1-5-36-25(34)23-24(30)32(17-8-6-7-15(2)11-17)20-13-27(3,4)14-21(33)22(20)28(23)18-12-16(29)9-10-19(18)31-26(28)35/h6-12H,5,13-14,30H2,1-4H3,(H,31,35). The quantitative estimate of drug-likeness (QED) is 0.531. The second kappa shape index (κ2) is 8.34. The molecule has 1 amide bonds. The van der Waals surface area contributed by atoms with Gasteiger partial charge in [0.05, 0.1) is 6.61 Å². The van der Waals surface area contributed by atoms with Crippen LogP contribution in [0.15, 0.2) is 69.6 Å². The number of carbonyl (C=O) groups excluding carboxylic acids is 3. The fourth-order valence-electron chi connectivity index (χ4n) is 5.77. The Labute approximate surface area is 218 Å². The molecule has 5 rings (SSSR count). The van der Waals surface area contributed by atoms with E-state index in [2.05, 4.69) is 21.2 Å². The van der Waals surface area contributed by atoms with E-state index < -0.39 is 17.3 Å². The number of nitrogens with one attached hydrogen (secondary N) is 1. The lowest BCUT2D eigenvalue weighted by atomic mass is 9.60. The number of halogens is 1. The van der Waals surface area contributed by atoms with Gasteiger partial charge in [-0.3, -0.25) is 14.5 Å². The van der Waals surface area contributed by atoms with Gasteiger partial charge in [0.1, 0.15) is 16.8 Å². The number of Topliss-reactive ketones (excluding diaryl/α,β-unsaturated/α-hetero) is 1. The number of ketones is 1. The molecule has 0 bridgehead atoms. The molecule has 8 heteroatoms. The first-order chi connectivity index (χ1) is 17.0. The average molecular weight is 550 g/mol. The molecule has 0 saturated heterocycles. The molecule has 0 saturated carbocycles. The van der Waals surface area contributed by atoms with E-state index in [1.54, 1.807) is 30.0 Å². The molecular weight excluding hydrogens is 522 g/mol. The van der Waals surface area contributed by atoms with Crippen molar-refractivity contribution in [3.8, 4) is 0 Å². The molecule has 1 unspecified atom stereocenters. The molecule has 2 heterocycles. The minimum absolute atomic E-state index is 0.0352. The summed E-state index contributed by atoms with van der Waals surface area (Å²) in [6, 6.07) is 13.0. The van der Waals surface area contributed by atoms with E-state index in [4.69, 9.17) is 10.5 Å².